The molecule has 2 rings (SSSR count). The van der Waals surface area contributed by atoms with Crippen LogP contribution in [0, 0.1) is 20.8 Å². The number of phenols is 1. The second kappa shape index (κ2) is 5.66. The van der Waals surface area contributed by atoms with Gasteiger partial charge in [0, 0.05) is 18.5 Å². The van der Waals surface area contributed by atoms with Crippen molar-refractivity contribution >= 4 is 32.7 Å². The van der Waals surface area contributed by atoms with Gasteiger partial charge in [-0.3, -0.25) is 4.79 Å². The maximum atomic E-state index is 10.4. The van der Waals surface area contributed by atoms with Crippen molar-refractivity contribution in [2.24, 2.45) is 0 Å². The molecule has 0 fully saturated rings. The van der Waals surface area contributed by atoms with Crippen LogP contribution in [-0.2, 0) is 4.79 Å². The van der Waals surface area contributed by atoms with Crippen LogP contribution in [-0.4, -0.2) is 27.7 Å². The summed E-state index contributed by atoms with van der Waals surface area (Å²) < 4.78 is 0.978. The van der Waals surface area contributed by atoms with Crippen molar-refractivity contribution in [1.82, 2.24) is 4.98 Å². The molecule has 1 aromatic heterocycles. The van der Waals surface area contributed by atoms with E-state index in [1.54, 1.807) is 0 Å². The quantitative estimate of drug-likeness (QED) is 0.738. The van der Waals surface area contributed by atoms with Gasteiger partial charge < -0.3 is 15.5 Å². The number of carboxylic acid groups (broad SMARTS) is 1. The topological polar surface area (TPSA) is 82.5 Å². The number of aromatic nitrogens is 1. The van der Waals surface area contributed by atoms with Gasteiger partial charge >= 0.3 is 5.97 Å². The largest absolute Gasteiger partial charge is 0.507 e. The molecule has 1 heterocycles. The fourth-order valence-corrected chi connectivity index (χ4v) is 3.13. The van der Waals surface area contributed by atoms with E-state index in [4.69, 9.17) is 5.11 Å². The van der Waals surface area contributed by atoms with E-state index < -0.39 is 5.97 Å². The second-order valence-electron chi connectivity index (χ2n) is 4.84. The standard InChI is InChI=1S/C14H18N2O3S/c1-7-8(2)12(19)9(3)13-11(7)16-14(20-13)15-6-4-5-10(17)18/h19H,4-6H2,1-3H3,(H,15,16)(H,17,18). The Morgan fingerprint density at radius 1 is 1.25 bits per heavy atom. The molecule has 0 spiro atoms. The number of hydrogen-bond acceptors (Lipinski definition) is 5. The first-order valence-corrected chi connectivity index (χ1v) is 7.28. The molecule has 0 aliphatic carbocycles. The predicted molar refractivity (Wildman–Crippen MR) is 80.9 cm³/mol. The molecule has 0 saturated heterocycles. The van der Waals surface area contributed by atoms with Gasteiger partial charge in [-0.15, -0.1) is 0 Å². The molecule has 5 nitrogen and oxygen atoms in total. The summed E-state index contributed by atoms with van der Waals surface area (Å²) in [6, 6.07) is 0. The number of aromatic hydroxyl groups is 1. The van der Waals surface area contributed by atoms with E-state index in [1.807, 2.05) is 20.8 Å². The molecule has 0 bridgehead atoms. The van der Waals surface area contributed by atoms with Crippen molar-refractivity contribution in [3.8, 4) is 5.75 Å². The van der Waals surface area contributed by atoms with E-state index in [0.717, 1.165) is 32.0 Å². The fraction of sp³-hybridized carbons (Fsp3) is 0.429. The highest BCUT2D eigenvalue weighted by Crippen LogP contribution is 2.38. The molecule has 6 heteroatoms. The zero-order valence-electron chi connectivity index (χ0n) is 11.8. The number of aliphatic carboxylic acids is 1. The Hall–Kier alpha value is -1.82. The van der Waals surface area contributed by atoms with Gasteiger partial charge in [0.1, 0.15) is 5.75 Å². The van der Waals surface area contributed by atoms with E-state index in [-0.39, 0.29) is 6.42 Å². The van der Waals surface area contributed by atoms with Crippen LogP contribution in [0.5, 0.6) is 5.75 Å². The molecule has 1 aromatic carbocycles. The Morgan fingerprint density at radius 3 is 2.60 bits per heavy atom. The summed E-state index contributed by atoms with van der Waals surface area (Å²) in [5.41, 5.74) is 3.60. The van der Waals surface area contributed by atoms with Crippen LogP contribution in [0.25, 0.3) is 10.2 Å². The van der Waals surface area contributed by atoms with Crippen LogP contribution < -0.4 is 5.32 Å². The molecule has 20 heavy (non-hydrogen) atoms. The van der Waals surface area contributed by atoms with Gasteiger partial charge in [0.2, 0.25) is 0 Å². The SMILES string of the molecule is Cc1c(O)c(C)c2sc(NCCCC(=O)O)nc2c1C. The molecule has 0 unspecified atom stereocenters. The molecule has 0 atom stereocenters. The number of thiazole rings is 1. The molecule has 0 radical (unpaired) electrons. The number of nitrogens with zero attached hydrogens (tertiary/aromatic N) is 1. The van der Waals surface area contributed by atoms with E-state index in [0.29, 0.717) is 18.7 Å². The van der Waals surface area contributed by atoms with Gasteiger partial charge in [-0.2, -0.15) is 0 Å². The van der Waals surface area contributed by atoms with Crippen molar-refractivity contribution in [3.05, 3.63) is 16.7 Å². The highest BCUT2D eigenvalue weighted by Gasteiger charge is 2.15. The molecule has 0 amide bonds. The number of rotatable bonds is 5. The molecule has 0 aliphatic heterocycles. The molecule has 3 N–H and O–H groups in total. The zero-order chi connectivity index (χ0) is 14.9. The predicted octanol–water partition coefficient (Wildman–Crippen LogP) is 3.20. The highest BCUT2D eigenvalue weighted by atomic mass is 32.1. The van der Waals surface area contributed by atoms with Crippen molar-refractivity contribution in [1.29, 1.82) is 0 Å². The Kier molecular flexibility index (Phi) is 4.13. The number of carbonyl (C=O) groups is 1. The van der Waals surface area contributed by atoms with Crippen molar-refractivity contribution in [3.63, 3.8) is 0 Å². The second-order valence-corrected chi connectivity index (χ2v) is 5.84. The van der Waals surface area contributed by atoms with E-state index in [9.17, 15) is 9.90 Å². The zero-order valence-corrected chi connectivity index (χ0v) is 12.6. The van der Waals surface area contributed by atoms with Gasteiger partial charge in [0.05, 0.1) is 10.2 Å². The first-order valence-electron chi connectivity index (χ1n) is 6.46. The summed E-state index contributed by atoms with van der Waals surface area (Å²) in [6.45, 7) is 6.30. The summed E-state index contributed by atoms with van der Waals surface area (Å²) in [6.07, 6.45) is 0.712. The van der Waals surface area contributed by atoms with Crippen LogP contribution in [0.4, 0.5) is 5.13 Å². The number of carboxylic acids is 1. The van der Waals surface area contributed by atoms with Crippen molar-refractivity contribution in [2.75, 3.05) is 11.9 Å². The number of hydrogen-bond donors (Lipinski definition) is 3. The number of anilines is 1. The van der Waals surface area contributed by atoms with Crippen LogP contribution >= 0.6 is 11.3 Å². The summed E-state index contributed by atoms with van der Waals surface area (Å²) in [5.74, 6) is -0.459. The van der Waals surface area contributed by atoms with Crippen LogP contribution in [0.1, 0.15) is 29.5 Å². The number of nitrogens with one attached hydrogen (secondary N) is 1. The summed E-state index contributed by atoms with van der Waals surface area (Å²) in [7, 11) is 0. The minimum Gasteiger partial charge on any atom is -0.507 e. The van der Waals surface area contributed by atoms with Crippen molar-refractivity contribution in [2.45, 2.75) is 33.6 Å². The van der Waals surface area contributed by atoms with E-state index >= 15 is 0 Å². The van der Waals surface area contributed by atoms with Gasteiger partial charge in [-0.05, 0) is 38.3 Å². The van der Waals surface area contributed by atoms with Gasteiger partial charge in [0.25, 0.3) is 0 Å². The Labute approximate surface area is 121 Å². The Bertz CT molecular complexity index is 619. The van der Waals surface area contributed by atoms with Crippen LogP contribution in [0.15, 0.2) is 0 Å². The lowest BCUT2D eigenvalue weighted by molar-refractivity contribution is -0.137. The van der Waals surface area contributed by atoms with Gasteiger partial charge in [0.15, 0.2) is 5.13 Å². The minimum absolute atomic E-state index is 0.149. The summed E-state index contributed by atoms with van der Waals surface area (Å²) in [5, 5.41) is 22.6. The lowest BCUT2D eigenvalue weighted by atomic mass is 10.0. The first kappa shape index (κ1) is 14.6. The molecule has 0 aliphatic rings. The molecule has 0 saturated carbocycles. The lowest BCUT2D eigenvalue weighted by Crippen LogP contribution is -2.04. The third kappa shape index (κ3) is 2.70. The Morgan fingerprint density at radius 2 is 1.95 bits per heavy atom. The number of fused-ring (bicyclic) bond motifs is 1. The lowest BCUT2D eigenvalue weighted by Gasteiger charge is -2.07. The molecular weight excluding hydrogens is 276 g/mol. The number of phenolic OH excluding ortho intramolecular Hbond substituents is 1. The average molecular weight is 294 g/mol. The monoisotopic (exact) mass is 294 g/mol. The van der Waals surface area contributed by atoms with Crippen LogP contribution in [0.3, 0.4) is 0 Å². The van der Waals surface area contributed by atoms with Crippen molar-refractivity contribution < 1.29 is 15.0 Å². The third-order valence-electron chi connectivity index (χ3n) is 3.44. The third-order valence-corrected chi connectivity index (χ3v) is 4.57. The summed E-state index contributed by atoms with van der Waals surface area (Å²) >= 11 is 1.49. The van der Waals surface area contributed by atoms with Gasteiger partial charge in [-0.25, -0.2) is 4.98 Å². The number of aryl methyl sites for hydroxylation is 2. The Balaban J connectivity index is 2.23. The molecule has 108 valence electrons. The highest BCUT2D eigenvalue weighted by molar-refractivity contribution is 7.22. The molecular formula is C14H18N2O3S. The smallest absolute Gasteiger partial charge is 0.303 e. The first-order chi connectivity index (χ1) is 9.41. The normalized spacial score (nSPS) is 10.9. The summed E-state index contributed by atoms with van der Waals surface area (Å²) in [4.78, 5) is 15.0. The minimum atomic E-state index is -0.789. The maximum absolute atomic E-state index is 10.4. The average Bonchev–Trinajstić information content (AvgIpc) is 2.83. The number of benzene rings is 1. The van der Waals surface area contributed by atoms with Gasteiger partial charge in [-0.1, -0.05) is 11.3 Å². The van der Waals surface area contributed by atoms with E-state index in [2.05, 4.69) is 10.3 Å². The fourth-order valence-electron chi connectivity index (χ4n) is 2.08. The molecule has 2 aromatic rings. The van der Waals surface area contributed by atoms with Crippen LogP contribution in [0.2, 0.25) is 0 Å². The maximum Gasteiger partial charge on any atom is 0.303 e. The van der Waals surface area contributed by atoms with E-state index in [1.165, 1.54) is 11.3 Å².